The van der Waals surface area contributed by atoms with Crippen LogP contribution in [0.15, 0.2) is 30.3 Å². The Morgan fingerprint density at radius 3 is 2.21 bits per heavy atom. The Morgan fingerprint density at radius 1 is 1.05 bits per heavy atom. The van der Waals surface area contributed by atoms with E-state index in [-0.39, 0.29) is 29.7 Å². The quantitative estimate of drug-likeness (QED) is 0.580. The number of ketones is 3. The molecular formula is C16H16O3. The van der Waals surface area contributed by atoms with E-state index in [2.05, 4.69) is 0 Å². The van der Waals surface area contributed by atoms with Crippen molar-refractivity contribution in [1.29, 1.82) is 0 Å². The zero-order valence-electron chi connectivity index (χ0n) is 10.7. The van der Waals surface area contributed by atoms with Gasteiger partial charge in [-0.25, -0.2) is 0 Å². The van der Waals surface area contributed by atoms with Crippen LogP contribution in [0.5, 0.6) is 0 Å². The maximum Gasteiger partial charge on any atom is 0.176 e. The maximum absolute atomic E-state index is 12.4. The summed E-state index contributed by atoms with van der Waals surface area (Å²) in [6.07, 6.45) is 2.95. The van der Waals surface area contributed by atoms with Crippen molar-refractivity contribution in [3.8, 4) is 0 Å². The first-order chi connectivity index (χ1) is 9.13. The molecule has 0 unspecified atom stereocenters. The molecule has 2 fully saturated rings. The predicted molar refractivity (Wildman–Crippen MR) is 69.8 cm³/mol. The molecule has 0 radical (unpaired) electrons. The Hall–Kier alpha value is -1.77. The summed E-state index contributed by atoms with van der Waals surface area (Å²) in [7, 11) is 0. The van der Waals surface area contributed by atoms with Crippen LogP contribution in [0.4, 0.5) is 0 Å². The third-order valence-corrected chi connectivity index (χ3v) is 4.12. The molecule has 2 saturated carbocycles. The van der Waals surface area contributed by atoms with E-state index in [0.29, 0.717) is 18.4 Å². The molecule has 98 valence electrons. The first-order valence-electron chi connectivity index (χ1n) is 6.79. The zero-order valence-corrected chi connectivity index (χ0v) is 10.7. The highest BCUT2D eigenvalue weighted by molar-refractivity contribution is 6.20. The summed E-state index contributed by atoms with van der Waals surface area (Å²) >= 11 is 0. The van der Waals surface area contributed by atoms with Crippen LogP contribution in [-0.2, 0) is 9.59 Å². The molecule has 1 aromatic rings. The fourth-order valence-electron chi connectivity index (χ4n) is 2.50. The first kappa shape index (κ1) is 12.3. The van der Waals surface area contributed by atoms with Gasteiger partial charge in [0.05, 0.1) is 11.8 Å². The van der Waals surface area contributed by atoms with E-state index in [9.17, 15) is 14.4 Å². The Morgan fingerprint density at radius 2 is 1.68 bits per heavy atom. The fraction of sp³-hybridized carbons (Fsp3) is 0.438. The average Bonchev–Trinajstić information content (AvgIpc) is 3.31. The second kappa shape index (κ2) is 4.41. The maximum atomic E-state index is 12.4. The van der Waals surface area contributed by atoms with Crippen molar-refractivity contribution in [1.82, 2.24) is 0 Å². The van der Waals surface area contributed by atoms with E-state index in [4.69, 9.17) is 0 Å². The molecule has 0 bridgehead atoms. The molecule has 3 rings (SSSR count). The van der Waals surface area contributed by atoms with Crippen LogP contribution in [0.1, 0.15) is 42.5 Å². The van der Waals surface area contributed by atoms with E-state index in [1.165, 1.54) is 0 Å². The van der Waals surface area contributed by atoms with Crippen LogP contribution in [0.2, 0.25) is 0 Å². The third-order valence-electron chi connectivity index (χ3n) is 4.12. The number of benzene rings is 1. The Bertz CT molecular complexity index is 536. The largest absolute Gasteiger partial charge is 0.299 e. The van der Waals surface area contributed by atoms with Gasteiger partial charge >= 0.3 is 0 Å². The van der Waals surface area contributed by atoms with Gasteiger partial charge in [0.2, 0.25) is 0 Å². The molecule has 3 nitrogen and oxygen atoms in total. The van der Waals surface area contributed by atoms with E-state index in [0.717, 1.165) is 12.8 Å². The number of carbonyl (C=O) groups excluding carboxylic acids is 3. The highest BCUT2D eigenvalue weighted by atomic mass is 16.2. The fourth-order valence-corrected chi connectivity index (χ4v) is 2.50. The Balaban J connectivity index is 1.73. The number of Topliss-reactive ketones (excluding diaryl/α,β-unsaturated/α-hetero) is 3. The van der Waals surface area contributed by atoms with Gasteiger partial charge in [-0.05, 0) is 25.7 Å². The highest BCUT2D eigenvalue weighted by Crippen LogP contribution is 2.50. The molecule has 0 heterocycles. The van der Waals surface area contributed by atoms with Gasteiger partial charge in [-0.1, -0.05) is 30.3 Å². The van der Waals surface area contributed by atoms with E-state index in [1.54, 1.807) is 24.3 Å². The molecule has 0 atom stereocenters. The van der Waals surface area contributed by atoms with E-state index in [1.807, 2.05) is 6.07 Å². The summed E-state index contributed by atoms with van der Waals surface area (Å²) in [5.74, 6) is -0.163. The lowest BCUT2D eigenvalue weighted by atomic mass is 9.87. The van der Waals surface area contributed by atoms with Crippen LogP contribution in [0, 0.1) is 11.3 Å². The topological polar surface area (TPSA) is 51.2 Å². The Kier molecular flexibility index (Phi) is 2.85. The summed E-state index contributed by atoms with van der Waals surface area (Å²) in [6, 6.07) is 8.90. The molecule has 2 aliphatic carbocycles. The smallest absolute Gasteiger partial charge is 0.176 e. The van der Waals surface area contributed by atoms with E-state index < -0.39 is 5.41 Å². The monoisotopic (exact) mass is 256 g/mol. The first-order valence-corrected chi connectivity index (χ1v) is 6.79. The second-order valence-corrected chi connectivity index (χ2v) is 5.62. The standard InChI is InChI=1S/C16H16O3/c17-13(11-6-7-11)10-14(18)16(8-9-16)15(19)12-4-2-1-3-5-12/h1-5,11H,6-10H2. The van der Waals surface area contributed by atoms with Crippen molar-refractivity contribution >= 4 is 17.3 Å². The molecule has 3 heteroatoms. The van der Waals surface area contributed by atoms with Crippen molar-refractivity contribution in [3.05, 3.63) is 35.9 Å². The number of hydrogen-bond acceptors (Lipinski definition) is 3. The lowest BCUT2D eigenvalue weighted by Gasteiger charge is -2.12. The molecule has 0 N–H and O–H groups in total. The minimum absolute atomic E-state index is 0.0251. The van der Waals surface area contributed by atoms with Crippen LogP contribution >= 0.6 is 0 Å². The van der Waals surface area contributed by atoms with Gasteiger partial charge < -0.3 is 0 Å². The predicted octanol–water partition coefficient (Wildman–Crippen LogP) is 2.59. The van der Waals surface area contributed by atoms with Crippen LogP contribution in [0.3, 0.4) is 0 Å². The molecular weight excluding hydrogens is 240 g/mol. The number of hydrogen-bond donors (Lipinski definition) is 0. The van der Waals surface area contributed by atoms with Crippen molar-refractivity contribution in [3.63, 3.8) is 0 Å². The van der Waals surface area contributed by atoms with Crippen molar-refractivity contribution in [2.45, 2.75) is 32.1 Å². The van der Waals surface area contributed by atoms with Crippen molar-refractivity contribution in [2.75, 3.05) is 0 Å². The molecule has 0 aliphatic heterocycles. The molecule has 1 aromatic carbocycles. The van der Waals surface area contributed by atoms with Gasteiger partial charge in [0.1, 0.15) is 5.78 Å². The van der Waals surface area contributed by atoms with Crippen LogP contribution in [-0.4, -0.2) is 17.3 Å². The lowest BCUT2D eigenvalue weighted by molar-refractivity contribution is -0.129. The van der Waals surface area contributed by atoms with Crippen molar-refractivity contribution < 1.29 is 14.4 Å². The molecule has 2 aliphatic rings. The molecule has 0 spiro atoms. The normalized spacial score (nSPS) is 19.8. The minimum Gasteiger partial charge on any atom is -0.299 e. The minimum atomic E-state index is -0.883. The third kappa shape index (κ3) is 2.25. The van der Waals surface area contributed by atoms with Gasteiger partial charge in [-0.3, -0.25) is 14.4 Å². The van der Waals surface area contributed by atoms with Gasteiger partial charge in [0.15, 0.2) is 11.6 Å². The van der Waals surface area contributed by atoms with Gasteiger partial charge in [0.25, 0.3) is 0 Å². The molecule has 0 amide bonds. The van der Waals surface area contributed by atoms with Gasteiger partial charge in [-0.15, -0.1) is 0 Å². The highest BCUT2D eigenvalue weighted by Gasteiger charge is 2.56. The second-order valence-electron chi connectivity index (χ2n) is 5.62. The summed E-state index contributed by atoms with van der Waals surface area (Å²) in [5.41, 5.74) is -0.307. The van der Waals surface area contributed by atoms with Crippen LogP contribution in [0.25, 0.3) is 0 Å². The van der Waals surface area contributed by atoms with Gasteiger partial charge in [0, 0.05) is 11.5 Å². The summed E-state index contributed by atoms with van der Waals surface area (Å²) in [6.45, 7) is 0. The van der Waals surface area contributed by atoms with Crippen LogP contribution < -0.4 is 0 Å². The summed E-state index contributed by atoms with van der Waals surface area (Å²) in [4.78, 5) is 36.4. The molecule has 0 saturated heterocycles. The summed E-state index contributed by atoms with van der Waals surface area (Å²) in [5, 5.41) is 0. The van der Waals surface area contributed by atoms with E-state index >= 15 is 0 Å². The molecule has 19 heavy (non-hydrogen) atoms. The average molecular weight is 256 g/mol. The number of carbonyl (C=O) groups is 3. The van der Waals surface area contributed by atoms with Crippen molar-refractivity contribution in [2.24, 2.45) is 11.3 Å². The summed E-state index contributed by atoms with van der Waals surface area (Å²) < 4.78 is 0. The lowest BCUT2D eigenvalue weighted by Crippen LogP contribution is -2.28. The SMILES string of the molecule is O=C(CC(=O)C1(C(=O)c2ccccc2)CC1)C1CC1. The molecule has 0 aromatic heterocycles. The number of rotatable bonds is 6. The Labute approximate surface area is 112 Å². The zero-order chi connectivity index (χ0) is 13.5. The van der Waals surface area contributed by atoms with Gasteiger partial charge in [-0.2, -0.15) is 0 Å².